The highest BCUT2D eigenvalue weighted by atomic mass is 16.5. The van der Waals surface area contributed by atoms with E-state index in [4.69, 9.17) is 10.5 Å². The maximum atomic E-state index is 11.2. The smallest absolute Gasteiger partial charge is 0.268 e. The molecule has 2 aromatic rings. The summed E-state index contributed by atoms with van der Waals surface area (Å²) in [6.45, 7) is 5.77. The number of hydrogen-bond acceptors (Lipinski definition) is 5. The molecule has 0 atom stereocenters. The van der Waals surface area contributed by atoms with Crippen molar-refractivity contribution in [1.82, 2.24) is 9.97 Å². The molecule has 6 heteroatoms. The molecule has 24 heavy (non-hydrogen) atoms. The number of carbonyl (C=O) groups excluding carboxylic acids is 1. The number of amides is 1. The number of rotatable bonds is 4. The summed E-state index contributed by atoms with van der Waals surface area (Å²) < 4.78 is 6.23. The van der Waals surface area contributed by atoms with Gasteiger partial charge in [-0.15, -0.1) is 0 Å². The van der Waals surface area contributed by atoms with Gasteiger partial charge < -0.3 is 15.4 Å². The van der Waals surface area contributed by atoms with E-state index in [1.54, 1.807) is 6.20 Å². The van der Waals surface area contributed by atoms with Crippen LogP contribution in [0.25, 0.3) is 0 Å². The maximum Gasteiger partial charge on any atom is 0.268 e. The molecule has 1 amide bonds. The lowest BCUT2D eigenvalue weighted by molar-refractivity contribution is 0.0995. The van der Waals surface area contributed by atoms with Crippen LogP contribution in [0.3, 0.4) is 0 Å². The first-order valence-electron chi connectivity index (χ1n) is 8.14. The molecule has 2 heterocycles. The first-order chi connectivity index (χ1) is 11.5. The summed E-state index contributed by atoms with van der Waals surface area (Å²) in [5.74, 6) is 1.13. The Bertz CT molecular complexity index is 719. The largest absolute Gasteiger partial charge is 0.490 e. The van der Waals surface area contributed by atoms with Gasteiger partial charge in [-0.1, -0.05) is 18.2 Å². The Labute approximate surface area is 141 Å². The van der Waals surface area contributed by atoms with Crippen LogP contribution in [0, 0.1) is 13.8 Å². The Morgan fingerprint density at radius 3 is 2.50 bits per heavy atom. The van der Waals surface area contributed by atoms with E-state index in [-0.39, 0.29) is 11.8 Å². The third-order valence-electron chi connectivity index (χ3n) is 4.33. The summed E-state index contributed by atoms with van der Waals surface area (Å²) in [7, 11) is 0. The summed E-state index contributed by atoms with van der Waals surface area (Å²) >= 11 is 0. The van der Waals surface area contributed by atoms with Crippen LogP contribution in [0.2, 0.25) is 0 Å². The lowest BCUT2D eigenvalue weighted by atomic mass is 10.1. The molecule has 1 saturated heterocycles. The Morgan fingerprint density at radius 2 is 1.88 bits per heavy atom. The van der Waals surface area contributed by atoms with Crippen molar-refractivity contribution >= 4 is 11.7 Å². The number of aromatic nitrogens is 2. The molecule has 1 fully saturated rings. The normalized spacial score (nSPS) is 15.3. The van der Waals surface area contributed by atoms with Crippen molar-refractivity contribution in [3.05, 3.63) is 47.4 Å². The molecule has 1 aliphatic heterocycles. The fourth-order valence-electron chi connectivity index (χ4n) is 2.98. The molecule has 0 spiro atoms. The number of hydrogen-bond donors (Lipinski definition) is 1. The number of primary amides is 1. The quantitative estimate of drug-likeness (QED) is 0.932. The van der Waals surface area contributed by atoms with Crippen LogP contribution in [0.15, 0.2) is 30.6 Å². The van der Waals surface area contributed by atoms with Gasteiger partial charge in [0.2, 0.25) is 0 Å². The third kappa shape index (κ3) is 3.48. The summed E-state index contributed by atoms with van der Waals surface area (Å²) in [5.41, 5.74) is 7.79. The van der Waals surface area contributed by atoms with Crippen molar-refractivity contribution in [2.24, 2.45) is 5.73 Å². The molecule has 0 bridgehead atoms. The van der Waals surface area contributed by atoms with Crippen LogP contribution in [0.5, 0.6) is 5.75 Å². The number of nitrogens with two attached hydrogens (primary N) is 1. The van der Waals surface area contributed by atoms with Crippen LogP contribution in [-0.2, 0) is 0 Å². The van der Waals surface area contributed by atoms with Crippen LogP contribution in [0.1, 0.15) is 34.5 Å². The zero-order valence-electron chi connectivity index (χ0n) is 14.0. The van der Waals surface area contributed by atoms with Crippen molar-refractivity contribution < 1.29 is 9.53 Å². The second-order valence-corrected chi connectivity index (χ2v) is 6.15. The monoisotopic (exact) mass is 326 g/mol. The number of benzene rings is 1. The Kier molecular flexibility index (Phi) is 4.64. The van der Waals surface area contributed by atoms with E-state index >= 15 is 0 Å². The molecule has 126 valence electrons. The summed E-state index contributed by atoms with van der Waals surface area (Å²) in [4.78, 5) is 21.7. The molecule has 0 aliphatic carbocycles. The molecule has 1 aliphatic rings. The fourth-order valence-corrected chi connectivity index (χ4v) is 2.98. The minimum Gasteiger partial charge on any atom is -0.490 e. The van der Waals surface area contributed by atoms with Gasteiger partial charge in [-0.25, -0.2) is 4.98 Å². The van der Waals surface area contributed by atoms with Crippen molar-refractivity contribution in [1.29, 1.82) is 0 Å². The summed E-state index contributed by atoms with van der Waals surface area (Å²) in [6, 6.07) is 6.19. The van der Waals surface area contributed by atoms with E-state index in [9.17, 15) is 4.79 Å². The van der Waals surface area contributed by atoms with Crippen LogP contribution < -0.4 is 15.4 Å². The molecule has 0 unspecified atom stereocenters. The molecule has 3 rings (SSSR count). The van der Waals surface area contributed by atoms with Gasteiger partial charge in [0, 0.05) is 25.9 Å². The van der Waals surface area contributed by atoms with Crippen LogP contribution in [0.4, 0.5) is 5.82 Å². The Balaban J connectivity index is 1.64. The van der Waals surface area contributed by atoms with E-state index < -0.39 is 5.91 Å². The molecule has 6 nitrogen and oxygen atoms in total. The Hall–Kier alpha value is -2.63. The topological polar surface area (TPSA) is 81.3 Å². The maximum absolute atomic E-state index is 11.2. The molecule has 1 aromatic heterocycles. The standard InChI is InChI=1S/C18H22N4O2/c1-12-4-3-5-13(2)17(12)24-14-6-8-22(9-7-14)16-11-20-10-15(21-16)18(19)23/h3-5,10-11,14H,6-9H2,1-2H3,(H2,19,23). The zero-order chi connectivity index (χ0) is 17.1. The molecule has 0 saturated carbocycles. The minimum absolute atomic E-state index is 0.188. The first kappa shape index (κ1) is 16.2. The van der Waals surface area contributed by atoms with Gasteiger partial charge >= 0.3 is 0 Å². The lowest BCUT2D eigenvalue weighted by Gasteiger charge is -2.33. The number of para-hydroxylation sites is 1. The highest BCUT2D eigenvalue weighted by Crippen LogP contribution is 2.27. The number of nitrogens with zero attached hydrogens (tertiary/aromatic N) is 3. The van der Waals surface area contributed by atoms with Crippen molar-refractivity contribution in [2.75, 3.05) is 18.0 Å². The van der Waals surface area contributed by atoms with E-state index in [2.05, 4.69) is 40.8 Å². The van der Waals surface area contributed by atoms with Gasteiger partial charge in [0.1, 0.15) is 23.4 Å². The number of ether oxygens (including phenoxy) is 1. The van der Waals surface area contributed by atoms with Gasteiger partial charge in [0.25, 0.3) is 5.91 Å². The van der Waals surface area contributed by atoms with E-state index in [0.29, 0.717) is 5.82 Å². The summed E-state index contributed by atoms with van der Waals surface area (Å²) in [6.07, 6.45) is 5.04. The molecular formula is C18H22N4O2. The number of piperidine rings is 1. The fraction of sp³-hybridized carbons (Fsp3) is 0.389. The lowest BCUT2D eigenvalue weighted by Crippen LogP contribution is -2.39. The highest BCUT2D eigenvalue weighted by Gasteiger charge is 2.23. The second kappa shape index (κ2) is 6.86. The predicted octanol–water partition coefficient (Wildman–Crippen LogP) is 2.24. The highest BCUT2D eigenvalue weighted by molar-refractivity contribution is 5.90. The van der Waals surface area contributed by atoms with Gasteiger partial charge in [0.15, 0.2) is 0 Å². The van der Waals surface area contributed by atoms with E-state index in [1.807, 2.05) is 6.07 Å². The van der Waals surface area contributed by atoms with Crippen LogP contribution >= 0.6 is 0 Å². The number of aryl methyl sites for hydroxylation is 2. The van der Waals surface area contributed by atoms with E-state index in [0.717, 1.165) is 42.8 Å². The van der Waals surface area contributed by atoms with Gasteiger partial charge in [0.05, 0.1) is 12.4 Å². The van der Waals surface area contributed by atoms with Gasteiger partial charge in [-0.3, -0.25) is 9.78 Å². The average molecular weight is 326 g/mol. The SMILES string of the molecule is Cc1cccc(C)c1OC1CCN(c2cncc(C(N)=O)n2)CC1. The number of carbonyl (C=O) groups is 1. The third-order valence-corrected chi connectivity index (χ3v) is 4.33. The molecule has 1 aromatic carbocycles. The van der Waals surface area contributed by atoms with Crippen molar-refractivity contribution in [3.8, 4) is 5.75 Å². The van der Waals surface area contributed by atoms with Gasteiger partial charge in [-0.2, -0.15) is 0 Å². The molecule has 2 N–H and O–H groups in total. The van der Waals surface area contributed by atoms with Crippen LogP contribution in [-0.4, -0.2) is 35.1 Å². The molecular weight excluding hydrogens is 304 g/mol. The van der Waals surface area contributed by atoms with Crippen molar-refractivity contribution in [3.63, 3.8) is 0 Å². The minimum atomic E-state index is -0.558. The molecule has 0 radical (unpaired) electrons. The zero-order valence-corrected chi connectivity index (χ0v) is 14.0. The predicted molar refractivity (Wildman–Crippen MR) is 92.3 cm³/mol. The average Bonchev–Trinajstić information content (AvgIpc) is 2.59. The first-order valence-corrected chi connectivity index (χ1v) is 8.14. The second-order valence-electron chi connectivity index (χ2n) is 6.15. The number of anilines is 1. The van der Waals surface area contributed by atoms with Crippen molar-refractivity contribution in [2.45, 2.75) is 32.8 Å². The Morgan fingerprint density at radius 1 is 1.21 bits per heavy atom. The van der Waals surface area contributed by atoms with Gasteiger partial charge in [-0.05, 0) is 25.0 Å². The summed E-state index contributed by atoms with van der Waals surface area (Å²) in [5, 5.41) is 0. The van der Waals surface area contributed by atoms with E-state index in [1.165, 1.54) is 6.20 Å².